The van der Waals surface area contributed by atoms with Crippen molar-refractivity contribution in [3.05, 3.63) is 30.0 Å². The van der Waals surface area contributed by atoms with E-state index in [1.54, 1.807) is 11.6 Å². The zero-order chi connectivity index (χ0) is 13.8. The molecule has 1 amide bonds. The summed E-state index contributed by atoms with van der Waals surface area (Å²) in [6, 6.07) is -0.238. The second-order valence-electron chi connectivity index (χ2n) is 4.29. The highest BCUT2D eigenvalue weighted by molar-refractivity contribution is 5.93. The highest BCUT2D eigenvalue weighted by Gasteiger charge is 2.19. The van der Waals surface area contributed by atoms with E-state index in [1.165, 1.54) is 12.7 Å². The van der Waals surface area contributed by atoms with Crippen molar-refractivity contribution in [1.29, 1.82) is 0 Å². The number of aryl methyl sites for hydroxylation is 2. The molecule has 19 heavy (non-hydrogen) atoms. The van der Waals surface area contributed by atoms with Gasteiger partial charge in [-0.05, 0) is 20.3 Å². The number of carbonyl (C=O) groups is 1. The lowest BCUT2D eigenvalue weighted by Gasteiger charge is -2.13. The molecule has 0 aliphatic carbocycles. The fourth-order valence-electron chi connectivity index (χ4n) is 1.85. The molecule has 2 heterocycles. The number of rotatable bonds is 5. The Kier molecular flexibility index (Phi) is 3.94. The number of hydrogen-bond donors (Lipinski definition) is 1. The Morgan fingerprint density at radius 1 is 1.53 bits per heavy atom. The minimum atomic E-state index is -0.273. The lowest BCUT2D eigenvalue weighted by atomic mass is 10.2. The first-order valence-electron chi connectivity index (χ1n) is 6.22. The monoisotopic (exact) mass is 263 g/mol. The van der Waals surface area contributed by atoms with E-state index in [0.717, 1.165) is 18.8 Å². The van der Waals surface area contributed by atoms with Gasteiger partial charge in [0.05, 0.1) is 6.04 Å². The maximum Gasteiger partial charge on any atom is 0.274 e. The molecule has 1 N–H and O–H groups in total. The summed E-state index contributed by atoms with van der Waals surface area (Å²) in [5, 5.41) is 6.97. The van der Waals surface area contributed by atoms with Crippen LogP contribution in [-0.2, 0) is 6.54 Å². The molecule has 2 aromatic heterocycles. The SMILES string of the molecule is CCCn1ncnc1[C@H](C)NC(=O)c1ncoc1C. The minimum absolute atomic E-state index is 0.238. The van der Waals surface area contributed by atoms with E-state index in [9.17, 15) is 4.79 Å². The van der Waals surface area contributed by atoms with Gasteiger partial charge in [-0.2, -0.15) is 5.10 Å². The predicted octanol–water partition coefficient (Wildman–Crippen LogP) is 1.48. The fraction of sp³-hybridized carbons (Fsp3) is 0.500. The molecule has 102 valence electrons. The van der Waals surface area contributed by atoms with E-state index in [4.69, 9.17) is 4.42 Å². The molecule has 0 unspecified atom stereocenters. The van der Waals surface area contributed by atoms with Gasteiger partial charge in [-0.1, -0.05) is 6.92 Å². The number of aromatic nitrogens is 4. The second-order valence-corrected chi connectivity index (χ2v) is 4.29. The van der Waals surface area contributed by atoms with Gasteiger partial charge in [0.25, 0.3) is 5.91 Å². The van der Waals surface area contributed by atoms with Gasteiger partial charge in [-0.25, -0.2) is 14.6 Å². The number of amides is 1. The van der Waals surface area contributed by atoms with Gasteiger partial charge in [-0.3, -0.25) is 4.79 Å². The molecule has 0 fully saturated rings. The van der Waals surface area contributed by atoms with Gasteiger partial charge in [-0.15, -0.1) is 0 Å². The summed E-state index contributed by atoms with van der Waals surface area (Å²) in [6.45, 7) is 6.40. The number of nitrogens with one attached hydrogen (secondary N) is 1. The molecule has 0 spiro atoms. The Hall–Kier alpha value is -2.18. The van der Waals surface area contributed by atoms with E-state index in [-0.39, 0.29) is 11.9 Å². The topological polar surface area (TPSA) is 85.8 Å². The molecule has 1 atom stereocenters. The average Bonchev–Trinajstić information content (AvgIpc) is 2.98. The molecule has 7 nitrogen and oxygen atoms in total. The van der Waals surface area contributed by atoms with E-state index < -0.39 is 0 Å². The van der Waals surface area contributed by atoms with Crippen molar-refractivity contribution in [3.63, 3.8) is 0 Å². The molecule has 0 saturated heterocycles. The van der Waals surface area contributed by atoms with Crippen molar-refractivity contribution in [2.24, 2.45) is 0 Å². The normalized spacial score (nSPS) is 12.4. The first-order chi connectivity index (χ1) is 9.13. The summed E-state index contributed by atoms with van der Waals surface area (Å²) in [5.74, 6) is 0.959. The smallest absolute Gasteiger partial charge is 0.274 e. The fourth-order valence-corrected chi connectivity index (χ4v) is 1.85. The van der Waals surface area contributed by atoms with Crippen LogP contribution in [0.3, 0.4) is 0 Å². The van der Waals surface area contributed by atoms with Crippen molar-refractivity contribution in [3.8, 4) is 0 Å². The molecule has 2 aromatic rings. The van der Waals surface area contributed by atoms with Crippen LogP contribution in [0, 0.1) is 6.92 Å². The summed E-state index contributed by atoms with van der Waals surface area (Å²) in [5.41, 5.74) is 0.299. The predicted molar refractivity (Wildman–Crippen MR) is 67.4 cm³/mol. The van der Waals surface area contributed by atoms with Crippen molar-refractivity contribution >= 4 is 5.91 Å². The number of hydrogen-bond acceptors (Lipinski definition) is 5. The van der Waals surface area contributed by atoms with E-state index >= 15 is 0 Å². The largest absolute Gasteiger partial charge is 0.448 e. The van der Waals surface area contributed by atoms with Crippen LogP contribution in [0.25, 0.3) is 0 Å². The summed E-state index contributed by atoms with van der Waals surface area (Å²) >= 11 is 0. The molecule has 0 bridgehead atoms. The first kappa shape index (κ1) is 13.3. The Morgan fingerprint density at radius 3 is 2.95 bits per heavy atom. The van der Waals surface area contributed by atoms with Crippen LogP contribution in [0.2, 0.25) is 0 Å². The highest BCUT2D eigenvalue weighted by atomic mass is 16.3. The van der Waals surface area contributed by atoms with Crippen LogP contribution >= 0.6 is 0 Å². The third kappa shape index (κ3) is 2.81. The average molecular weight is 263 g/mol. The zero-order valence-corrected chi connectivity index (χ0v) is 11.3. The maximum atomic E-state index is 12.0. The summed E-state index contributed by atoms with van der Waals surface area (Å²) < 4.78 is 6.81. The van der Waals surface area contributed by atoms with Gasteiger partial charge in [0.1, 0.15) is 17.9 Å². The van der Waals surface area contributed by atoms with Crippen LogP contribution in [0.5, 0.6) is 0 Å². The van der Waals surface area contributed by atoms with Crippen molar-refractivity contribution in [1.82, 2.24) is 25.1 Å². The van der Waals surface area contributed by atoms with Crippen LogP contribution in [-0.4, -0.2) is 25.7 Å². The van der Waals surface area contributed by atoms with E-state index in [1.807, 2.05) is 6.92 Å². The van der Waals surface area contributed by atoms with Gasteiger partial charge in [0.15, 0.2) is 12.1 Å². The first-order valence-corrected chi connectivity index (χ1v) is 6.22. The summed E-state index contributed by atoms with van der Waals surface area (Å²) in [4.78, 5) is 20.1. The van der Waals surface area contributed by atoms with Crippen LogP contribution in [0.4, 0.5) is 0 Å². The van der Waals surface area contributed by atoms with Gasteiger partial charge in [0.2, 0.25) is 0 Å². The van der Waals surface area contributed by atoms with Crippen molar-refractivity contribution in [2.45, 2.75) is 39.8 Å². The second kappa shape index (κ2) is 5.64. The number of carbonyl (C=O) groups excluding carboxylic acids is 1. The maximum absolute atomic E-state index is 12.0. The molecule has 0 radical (unpaired) electrons. The molecular formula is C12H17N5O2. The summed E-state index contributed by atoms with van der Waals surface area (Å²) in [6.07, 6.45) is 3.71. The van der Waals surface area contributed by atoms with E-state index in [2.05, 4.69) is 27.3 Å². The Labute approximate surface area is 111 Å². The van der Waals surface area contributed by atoms with Gasteiger partial charge < -0.3 is 9.73 Å². The highest BCUT2D eigenvalue weighted by Crippen LogP contribution is 2.11. The van der Waals surface area contributed by atoms with Gasteiger partial charge in [0, 0.05) is 6.54 Å². The van der Waals surface area contributed by atoms with Crippen molar-refractivity contribution in [2.75, 3.05) is 0 Å². The minimum Gasteiger partial charge on any atom is -0.448 e. The van der Waals surface area contributed by atoms with Crippen LogP contribution < -0.4 is 5.32 Å². The molecule has 7 heteroatoms. The molecule has 0 saturated carbocycles. The van der Waals surface area contributed by atoms with Crippen molar-refractivity contribution < 1.29 is 9.21 Å². The lowest BCUT2D eigenvalue weighted by Crippen LogP contribution is -2.29. The third-order valence-corrected chi connectivity index (χ3v) is 2.78. The number of oxazole rings is 1. The van der Waals surface area contributed by atoms with E-state index in [0.29, 0.717) is 11.5 Å². The summed E-state index contributed by atoms with van der Waals surface area (Å²) in [7, 11) is 0. The molecular weight excluding hydrogens is 246 g/mol. The standard InChI is InChI=1S/C12H17N5O2/c1-4-5-17-11(13-6-15-17)8(2)16-12(18)10-9(3)19-7-14-10/h6-8H,4-5H2,1-3H3,(H,16,18)/t8-/m0/s1. The molecule has 0 aliphatic heterocycles. The Bertz CT molecular complexity index is 560. The lowest BCUT2D eigenvalue weighted by molar-refractivity contribution is 0.0931. The van der Waals surface area contributed by atoms with Crippen LogP contribution in [0.15, 0.2) is 17.1 Å². The molecule has 0 aliphatic rings. The van der Waals surface area contributed by atoms with Crippen LogP contribution in [0.1, 0.15) is 48.4 Å². The number of nitrogens with zero attached hydrogens (tertiary/aromatic N) is 4. The molecule has 0 aromatic carbocycles. The zero-order valence-electron chi connectivity index (χ0n) is 11.3. The molecule has 2 rings (SSSR count). The Morgan fingerprint density at radius 2 is 2.32 bits per heavy atom. The Balaban J connectivity index is 2.08. The van der Waals surface area contributed by atoms with Gasteiger partial charge >= 0.3 is 0 Å². The third-order valence-electron chi connectivity index (χ3n) is 2.78. The quantitative estimate of drug-likeness (QED) is 0.883.